The minimum atomic E-state index is -0.503. The highest BCUT2D eigenvalue weighted by molar-refractivity contribution is 5.93. The van der Waals surface area contributed by atoms with Gasteiger partial charge < -0.3 is 34.1 Å². The molecule has 2 aromatic carbocycles. The predicted molar refractivity (Wildman–Crippen MR) is 171 cm³/mol. The van der Waals surface area contributed by atoms with Crippen molar-refractivity contribution in [3.63, 3.8) is 0 Å². The van der Waals surface area contributed by atoms with Crippen molar-refractivity contribution in [1.29, 1.82) is 0 Å². The number of fused-ring (bicyclic) bond motifs is 2. The zero-order valence-electron chi connectivity index (χ0n) is 25.5. The molecule has 11 nitrogen and oxygen atoms in total. The first-order valence-electron chi connectivity index (χ1n) is 15.4. The van der Waals surface area contributed by atoms with Crippen LogP contribution in [0.5, 0.6) is 23.0 Å². The third-order valence-electron chi connectivity index (χ3n) is 8.85. The quantitative estimate of drug-likeness (QED) is 0.244. The monoisotopic (exact) mass is 626 g/mol. The number of nitrogens with zero attached hydrogens (tertiary/aromatic N) is 5. The van der Waals surface area contributed by atoms with E-state index in [1.54, 1.807) is 48.5 Å². The van der Waals surface area contributed by atoms with Gasteiger partial charge in [0.2, 0.25) is 5.91 Å². The van der Waals surface area contributed by atoms with Crippen LogP contribution in [0.2, 0.25) is 0 Å². The van der Waals surface area contributed by atoms with Gasteiger partial charge in [0.05, 0.1) is 31.5 Å². The molecule has 238 valence electrons. The van der Waals surface area contributed by atoms with E-state index in [9.17, 15) is 4.79 Å². The van der Waals surface area contributed by atoms with Gasteiger partial charge >= 0.3 is 0 Å². The van der Waals surface area contributed by atoms with Crippen LogP contribution in [-0.4, -0.2) is 78.4 Å². The summed E-state index contributed by atoms with van der Waals surface area (Å²) in [6.07, 6.45) is 5.69. The van der Waals surface area contributed by atoms with Crippen LogP contribution >= 0.6 is 0 Å². The average Bonchev–Trinajstić information content (AvgIpc) is 3.69. The normalized spacial score (nSPS) is 19.6. The van der Waals surface area contributed by atoms with Gasteiger partial charge in [0.25, 0.3) is 0 Å². The van der Waals surface area contributed by atoms with Crippen molar-refractivity contribution >= 4 is 34.1 Å². The third-order valence-corrected chi connectivity index (χ3v) is 8.85. The molecular weight excluding hydrogens is 591 g/mol. The molecule has 12 heteroatoms. The first kappa shape index (κ1) is 29.7. The molecule has 0 spiro atoms. The maximum absolute atomic E-state index is 15.4. The second kappa shape index (κ2) is 12.8. The Morgan fingerprint density at radius 1 is 1.02 bits per heavy atom. The zero-order valence-corrected chi connectivity index (χ0v) is 25.5. The Balaban J connectivity index is 1.06. The fourth-order valence-electron chi connectivity index (χ4n) is 6.35. The summed E-state index contributed by atoms with van der Waals surface area (Å²) in [5.41, 5.74) is 0.835. The maximum Gasteiger partial charge on any atom is 0.245 e. The minimum Gasteiger partial charge on any atom is -0.493 e. The Labute approximate surface area is 266 Å². The van der Waals surface area contributed by atoms with Gasteiger partial charge in [-0.15, -0.1) is 0 Å². The maximum atomic E-state index is 15.4. The molecule has 2 aromatic heterocycles. The highest BCUT2D eigenvalue weighted by atomic mass is 19.1. The van der Waals surface area contributed by atoms with E-state index in [2.05, 4.69) is 31.7 Å². The second-order valence-corrected chi connectivity index (χ2v) is 11.8. The van der Waals surface area contributed by atoms with Crippen LogP contribution in [0.25, 0.3) is 10.9 Å². The van der Waals surface area contributed by atoms with Gasteiger partial charge in [-0.1, -0.05) is 6.58 Å². The second-order valence-electron chi connectivity index (χ2n) is 11.8. The largest absolute Gasteiger partial charge is 0.493 e. The Morgan fingerprint density at radius 2 is 1.80 bits per heavy atom. The number of hydrogen-bond donors (Lipinski definition) is 1. The number of ether oxygens (including phenoxy) is 4. The summed E-state index contributed by atoms with van der Waals surface area (Å²) in [7, 11) is 1.57. The van der Waals surface area contributed by atoms with E-state index in [1.807, 2.05) is 6.07 Å². The number of amides is 1. The predicted octanol–water partition coefficient (Wildman–Crippen LogP) is 5.35. The van der Waals surface area contributed by atoms with Gasteiger partial charge in [0.1, 0.15) is 41.4 Å². The van der Waals surface area contributed by atoms with Crippen molar-refractivity contribution in [2.24, 2.45) is 11.8 Å². The van der Waals surface area contributed by atoms with Gasteiger partial charge in [-0.05, 0) is 30.3 Å². The van der Waals surface area contributed by atoms with Crippen LogP contribution in [-0.2, 0) is 9.53 Å². The Hall–Kier alpha value is -4.97. The van der Waals surface area contributed by atoms with Crippen molar-refractivity contribution in [1.82, 2.24) is 19.9 Å². The molecule has 3 saturated heterocycles. The van der Waals surface area contributed by atoms with Crippen LogP contribution in [0.15, 0.2) is 67.6 Å². The molecule has 0 bridgehead atoms. The molecule has 2 atom stereocenters. The molecule has 3 aliphatic rings. The summed E-state index contributed by atoms with van der Waals surface area (Å²) in [6, 6.07) is 11.9. The lowest BCUT2D eigenvalue weighted by molar-refractivity contribution is -0.127. The number of benzene rings is 2. The summed E-state index contributed by atoms with van der Waals surface area (Å²) >= 11 is 0. The molecular formula is C34H35FN6O5. The summed E-state index contributed by atoms with van der Waals surface area (Å²) in [5, 5.41) is 3.74. The molecule has 1 N–H and O–H groups in total. The number of carbonyl (C=O) groups is 1. The number of rotatable bonds is 9. The van der Waals surface area contributed by atoms with Gasteiger partial charge in [-0.25, -0.2) is 19.3 Å². The van der Waals surface area contributed by atoms with Crippen LogP contribution < -0.4 is 24.4 Å². The van der Waals surface area contributed by atoms with Crippen molar-refractivity contribution in [2.75, 3.05) is 56.7 Å². The van der Waals surface area contributed by atoms with Crippen LogP contribution in [0.3, 0.4) is 0 Å². The fourth-order valence-corrected chi connectivity index (χ4v) is 6.35. The van der Waals surface area contributed by atoms with E-state index in [4.69, 9.17) is 18.9 Å². The number of aromatic nitrogens is 3. The van der Waals surface area contributed by atoms with Gasteiger partial charge in [-0.3, -0.25) is 4.79 Å². The zero-order chi connectivity index (χ0) is 31.6. The number of carbonyl (C=O) groups excluding carboxylic acids is 1. The molecule has 46 heavy (non-hydrogen) atoms. The number of likely N-dealkylation sites (tertiary alicyclic amines) is 1. The van der Waals surface area contributed by atoms with Crippen LogP contribution in [0, 0.1) is 17.7 Å². The molecule has 7 rings (SSSR count). The van der Waals surface area contributed by atoms with E-state index in [0.29, 0.717) is 77.5 Å². The molecule has 3 aliphatic heterocycles. The Kier molecular flexibility index (Phi) is 8.27. The smallest absolute Gasteiger partial charge is 0.245 e. The molecule has 0 unspecified atom stereocenters. The number of hydrogen-bond acceptors (Lipinski definition) is 10. The summed E-state index contributed by atoms with van der Waals surface area (Å²) < 4.78 is 39.0. The van der Waals surface area contributed by atoms with E-state index in [-0.39, 0.29) is 17.7 Å². The summed E-state index contributed by atoms with van der Waals surface area (Å²) in [4.78, 5) is 29.3. The summed E-state index contributed by atoms with van der Waals surface area (Å²) in [6.45, 7) is 8.14. The van der Waals surface area contributed by atoms with Gasteiger partial charge in [0.15, 0.2) is 11.5 Å². The van der Waals surface area contributed by atoms with Crippen molar-refractivity contribution in [3.8, 4) is 23.0 Å². The third kappa shape index (κ3) is 6.12. The van der Waals surface area contributed by atoms with Crippen LogP contribution in [0.1, 0.15) is 12.8 Å². The minimum absolute atomic E-state index is 0.0802. The first-order valence-corrected chi connectivity index (χ1v) is 15.4. The lowest BCUT2D eigenvalue weighted by Crippen LogP contribution is -2.41. The van der Waals surface area contributed by atoms with Gasteiger partial charge in [-0.2, -0.15) is 0 Å². The highest BCUT2D eigenvalue weighted by Crippen LogP contribution is 2.37. The number of piperidine rings is 1. The first-order chi connectivity index (χ1) is 22.5. The molecule has 5 heterocycles. The van der Waals surface area contributed by atoms with Crippen molar-refractivity contribution in [2.45, 2.75) is 18.9 Å². The van der Waals surface area contributed by atoms with Crippen molar-refractivity contribution < 1.29 is 28.1 Å². The molecule has 1 amide bonds. The highest BCUT2D eigenvalue weighted by Gasteiger charge is 2.37. The van der Waals surface area contributed by atoms with E-state index < -0.39 is 5.82 Å². The Morgan fingerprint density at radius 3 is 2.54 bits per heavy atom. The van der Waals surface area contributed by atoms with E-state index >= 15 is 4.39 Å². The standard InChI is InChI=1S/C34H35FN6O5/c1-3-33(42)40-10-7-23(8-11-40)46-31-14-26-29(15-30(31)43-2)37-20-38-34(26)39-28-5-4-24(12-27(28)35)45-25-6-9-36-32(13-25)41-16-21-18-44-19-22(21)17-41/h3-6,9,12-15,20-23H,1,7-8,10-11,16-19H2,2H3,(H,37,38,39)/t21-,22+. The number of methoxy groups -OCH3 is 1. The molecule has 3 fully saturated rings. The van der Waals surface area contributed by atoms with E-state index in [0.717, 1.165) is 32.1 Å². The van der Waals surface area contributed by atoms with Crippen LogP contribution in [0.4, 0.5) is 21.7 Å². The fraction of sp³-hybridized carbons (Fsp3) is 0.353. The average molecular weight is 627 g/mol. The number of anilines is 3. The lowest BCUT2D eigenvalue weighted by Gasteiger charge is -2.31. The van der Waals surface area contributed by atoms with Crippen molar-refractivity contribution in [3.05, 3.63) is 73.5 Å². The number of pyridine rings is 1. The van der Waals surface area contributed by atoms with Gasteiger partial charge in [0, 0.05) is 80.6 Å². The molecule has 0 aliphatic carbocycles. The number of halogens is 1. The topological polar surface area (TPSA) is 111 Å². The Bertz CT molecular complexity index is 1750. The summed E-state index contributed by atoms with van der Waals surface area (Å²) in [5.74, 6) is 3.73. The van der Waals surface area contributed by atoms with E-state index in [1.165, 1.54) is 18.5 Å². The molecule has 4 aromatic rings. The number of nitrogens with one attached hydrogen (secondary N) is 1. The molecule has 0 saturated carbocycles. The SMILES string of the molecule is C=CC(=O)N1CCC(Oc2cc3c(Nc4ccc(Oc5ccnc(N6C[C@H]7COC[C@H]7C6)c5)cc4F)ncnc3cc2OC)CC1. The molecule has 0 radical (unpaired) electrons. The lowest BCUT2D eigenvalue weighted by atomic mass is 10.0.